The van der Waals surface area contributed by atoms with Crippen LogP contribution in [0.25, 0.3) is 87.4 Å². The van der Waals surface area contributed by atoms with Crippen molar-refractivity contribution in [3.05, 3.63) is 279 Å². The molecule has 11 aromatic carbocycles. The lowest BCUT2D eigenvalue weighted by Gasteiger charge is -2.29. The summed E-state index contributed by atoms with van der Waals surface area (Å²) in [6, 6.07) is 85.8. The number of hydrogen-bond donors (Lipinski definition) is 0. The summed E-state index contributed by atoms with van der Waals surface area (Å²) >= 11 is 0. The van der Waals surface area contributed by atoms with Gasteiger partial charge in [0.2, 0.25) is 0 Å². The van der Waals surface area contributed by atoms with Gasteiger partial charge >= 0.3 is 0 Å². The van der Waals surface area contributed by atoms with E-state index in [4.69, 9.17) is 4.98 Å². The highest BCUT2D eigenvalue weighted by molar-refractivity contribution is 6.23. The Bertz CT molecular complexity index is 4030. The summed E-state index contributed by atoms with van der Waals surface area (Å²) in [4.78, 5) is 10.4. The molecule has 0 fully saturated rings. The van der Waals surface area contributed by atoms with Gasteiger partial charge in [-0.3, -0.25) is 4.98 Å². The van der Waals surface area contributed by atoms with Crippen LogP contribution in [0, 0.1) is 0 Å². The van der Waals surface area contributed by atoms with Crippen LogP contribution in [0.4, 0.5) is 28.4 Å². The summed E-state index contributed by atoms with van der Waals surface area (Å²) < 4.78 is 0. The Hall–Kier alpha value is -9.31. The van der Waals surface area contributed by atoms with Crippen LogP contribution in [0.3, 0.4) is 0 Å². The number of para-hydroxylation sites is 1. The average molecular weight is 922 g/mol. The molecule has 3 nitrogen and oxygen atoms in total. The fraction of sp³-hybridized carbons (Fsp3) is 0.0290. The molecule has 72 heavy (non-hydrogen) atoms. The maximum Gasteiger partial charge on any atom is 0.0794 e. The number of nitrogens with zero attached hydrogens (tertiary/aromatic N) is 3. The van der Waals surface area contributed by atoms with Gasteiger partial charge in [0.25, 0.3) is 0 Å². The molecule has 0 atom stereocenters. The van der Waals surface area contributed by atoms with Gasteiger partial charge in [-0.15, -0.1) is 0 Å². The minimum Gasteiger partial charge on any atom is -0.311 e. The average Bonchev–Trinajstić information content (AvgIpc) is 3.44. The van der Waals surface area contributed by atoms with Gasteiger partial charge in [0.1, 0.15) is 0 Å². The van der Waals surface area contributed by atoms with E-state index < -0.39 is 0 Å². The first kappa shape index (κ1) is 43.9. The van der Waals surface area contributed by atoms with Crippen LogP contribution in [0.1, 0.15) is 13.3 Å². The van der Waals surface area contributed by atoms with E-state index in [2.05, 4.69) is 278 Å². The second-order valence-electron chi connectivity index (χ2n) is 18.2. The third-order valence-electron chi connectivity index (χ3n) is 13.8. The minimum atomic E-state index is 0.856. The minimum absolute atomic E-state index is 0.856. The normalized spacial score (nSPS) is 11.8. The molecule has 0 N–H and O–H groups in total. The van der Waals surface area contributed by atoms with Crippen molar-refractivity contribution in [2.75, 3.05) is 9.80 Å². The molecule has 0 saturated carbocycles. The SMILES string of the molecule is C=C/C=C\C(=C/CC)N(c1ccc2ccccc2c1)c1ccc2c(-c3cccc4ccccc34)c3cc(N(c4ccccc4)c4ccc5ccccc5c4)cnc3c(-c3ccc(-c4ccccc4)cc3)c2c1. The van der Waals surface area contributed by atoms with Crippen LogP contribution < -0.4 is 9.80 Å². The van der Waals surface area contributed by atoms with E-state index in [0.717, 1.165) is 90.0 Å². The fourth-order valence-corrected chi connectivity index (χ4v) is 10.5. The molecule has 12 aromatic rings. The number of aromatic nitrogens is 1. The standard InChI is InChI=1S/C69H51N3/c1-3-5-28-56(19-4-2)71(58-39-37-49-22-12-14-25-54(49)43-58)60-41-42-64-65(45-60)67(53-35-33-51(34-36-53)48-20-8-6-9-21-48)69-66(68(64)63-32-18-27-52-24-16-17-31-62(52)63)46-61(47-70-69)72(57-29-10-7-11-30-57)59-40-38-50-23-13-15-26-55(50)44-59/h3,5-47H,1,4H2,2H3/b28-5-,56-19+. The van der Waals surface area contributed by atoms with Crippen LogP contribution in [-0.2, 0) is 0 Å². The Kier molecular flexibility index (Phi) is 11.7. The highest BCUT2D eigenvalue weighted by Gasteiger charge is 2.24. The van der Waals surface area contributed by atoms with E-state index in [9.17, 15) is 0 Å². The quantitative estimate of drug-likeness (QED) is 0.0899. The highest BCUT2D eigenvalue weighted by atomic mass is 15.2. The lowest BCUT2D eigenvalue weighted by molar-refractivity contribution is 1.14. The van der Waals surface area contributed by atoms with E-state index in [1.54, 1.807) is 0 Å². The first-order valence-electron chi connectivity index (χ1n) is 24.8. The maximum absolute atomic E-state index is 5.67. The van der Waals surface area contributed by atoms with Gasteiger partial charge in [-0.05, 0) is 138 Å². The Morgan fingerprint density at radius 1 is 0.431 bits per heavy atom. The lowest BCUT2D eigenvalue weighted by atomic mass is 9.85. The fourth-order valence-electron chi connectivity index (χ4n) is 10.5. The summed E-state index contributed by atoms with van der Waals surface area (Å²) in [5, 5.41) is 10.5. The number of benzene rings is 11. The Labute approximate surface area is 421 Å². The monoisotopic (exact) mass is 921 g/mol. The molecule has 1 aromatic heterocycles. The van der Waals surface area contributed by atoms with Crippen molar-refractivity contribution < 1.29 is 0 Å². The van der Waals surface area contributed by atoms with Crippen LogP contribution in [0.5, 0.6) is 0 Å². The van der Waals surface area contributed by atoms with Crippen LogP contribution in [0.15, 0.2) is 279 Å². The number of fused-ring (bicyclic) bond motifs is 5. The van der Waals surface area contributed by atoms with Gasteiger partial charge in [-0.25, -0.2) is 0 Å². The third-order valence-corrected chi connectivity index (χ3v) is 13.8. The van der Waals surface area contributed by atoms with Crippen molar-refractivity contribution in [2.45, 2.75) is 13.3 Å². The number of anilines is 5. The third kappa shape index (κ3) is 8.17. The molecule has 12 rings (SSSR count). The maximum atomic E-state index is 5.67. The zero-order valence-corrected chi connectivity index (χ0v) is 40.2. The number of pyridine rings is 1. The molecule has 0 aliphatic carbocycles. The van der Waals surface area contributed by atoms with Crippen molar-refractivity contribution in [3.8, 4) is 33.4 Å². The molecular weight excluding hydrogens is 871 g/mol. The highest BCUT2D eigenvalue weighted by Crippen LogP contribution is 2.49. The van der Waals surface area contributed by atoms with E-state index in [1.807, 2.05) is 12.2 Å². The number of allylic oxidation sites excluding steroid dienone is 4. The number of hydrogen-bond acceptors (Lipinski definition) is 3. The van der Waals surface area contributed by atoms with Gasteiger partial charge in [0.05, 0.1) is 17.4 Å². The van der Waals surface area contributed by atoms with E-state index in [0.29, 0.717) is 0 Å². The molecule has 0 aliphatic rings. The zero-order chi connectivity index (χ0) is 48.4. The van der Waals surface area contributed by atoms with Crippen molar-refractivity contribution >= 4 is 82.4 Å². The molecule has 1 heterocycles. The molecule has 0 bridgehead atoms. The van der Waals surface area contributed by atoms with Gasteiger partial charge < -0.3 is 9.80 Å². The van der Waals surface area contributed by atoms with E-state index in [1.165, 1.54) is 37.9 Å². The molecule has 0 saturated heterocycles. The van der Waals surface area contributed by atoms with Crippen LogP contribution >= 0.6 is 0 Å². The molecule has 342 valence electrons. The smallest absolute Gasteiger partial charge is 0.0794 e. The summed E-state index contributed by atoms with van der Waals surface area (Å²) in [6.45, 7) is 6.25. The Morgan fingerprint density at radius 2 is 1.00 bits per heavy atom. The first-order valence-corrected chi connectivity index (χ1v) is 24.8. The molecule has 0 aliphatic heterocycles. The summed E-state index contributed by atoms with van der Waals surface area (Å²) in [5.74, 6) is 0. The Morgan fingerprint density at radius 3 is 1.72 bits per heavy atom. The van der Waals surface area contributed by atoms with Gasteiger partial charge in [-0.2, -0.15) is 0 Å². The first-order chi connectivity index (χ1) is 35.6. The Balaban J connectivity index is 1.19. The molecule has 3 heteroatoms. The molecular formula is C69H51N3. The van der Waals surface area contributed by atoms with Gasteiger partial charge in [-0.1, -0.05) is 214 Å². The summed E-state index contributed by atoms with van der Waals surface area (Å²) in [5.41, 5.74) is 14.0. The summed E-state index contributed by atoms with van der Waals surface area (Å²) in [7, 11) is 0. The van der Waals surface area contributed by atoms with Crippen molar-refractivity contribution in [1.29, 1.82) is 0 Å². The topological polar surface area (TPSA) is 19.4 Å². The molecule has 0 unspecified atom stereocenters. The molecule has 0 amide bonds. The largest absolute Gasteiger partial charge is 0.311 e. The van der Waals surface area contributed by atoms with E-state index in [-0.39, 0.29) is 0 Å². The number of rotatable bonds is 12. The zero-order valence-electron chi connectivity index (χ0n) is 40.2. The van der Waals surface area contributed by atoms with Crippen molar-refractivity contribution in [1.82, 2.24) is 4.98 Å². The molecule has 0 spiro atoms. The predicted molar refractivity (Wildman–Crippen MR) is 309 cm³/mol. The predicted octanol–water partition coefficient (Wildman–Crippen LogP) is 19.5. The molecule has 0 radical (unpaired) electrons. The van der Waals surface area contributed by atoms with Crippen molar-refractivity contribution in [2.24, 2.45) is 0 Å². The second-order valence-corrected chi connectivity index (χ2v) is 18.2. The van der Waals surface area contributed by atoms with Gasteiger partial charge in [0.15, 0.2) is 0 Å². The van der Waals surface area contributed by atoms with Crippen LogP contribution in [0.2, 0.25) is 0 Å². The van der Waals surface area contributed by atoms with Crippen molar-refractivity contribution in [3.63, 3.8) is 0 Å². The lowest BCUT2D eigenvalue weighted by Crippen LogP contribution is -2.15. The van der Waals surface area contributed by atoms with E-state index >= 15 is 0 Å². The second kappa shape index (κ2) is 19.2. The van der Waals surface area contributed by atoms with Gasteiger partial charge in [0, 0.05) is 39.4 Å². The summed E-state index contributed by atoms with van der Waals surface area (Å²) in [6.07, 6.45) is 11.3. The van der Waals surface area contributed by atoms with Crippen LogP contribution in [-0.4, -0.2) is 4.98 Å².